The summed E-state index contributed by atoms with van der Waals surface area (Å²) in [5, 5.41) is 2.44. The molecule has 2 heteroatoms. The van der Waals surface area contributed by atoms with E-state index < -0.39 is 0 Å². The molecule has 2 aliphatic carbocycles. The third kappa shape index (κ3) is 4.92. The molecule has 0 fully saturated rings. The Morgan fingerprint density at radius 1 is 0.393 bits per heavy atom. The van der Waals surface area contributed by atoms with Crippen LogP contribution in [0.2, 0.25) is 0 Å². The molecule has 0 bridgehead atoms. The van der Waals surface area contributed by atoms with Gasteiger partial charge in [0.15, 0.2) is 0 Å². The molecule has 0 saturated carbocycles. The first-order valence-corrected chi connectivity index (χ1v) is 19.4. The minimum atomic E-state index is -0.146. The first-order valence-electron chi connectivity index (χ1n) is 19.4. The fourth-order valence-electron chi connectivity index (χ4n) is 9.43. The molecule has 9 aromatic rings. The average molecular weight is 715 g/mol. The molecule has 1 aromatic heterocycles. The van der Waals surface area contributed by atoms with E-state index in [4.69, 9.17) is 0 Å². The molecular formula is C54H38N2. The zero-order valence-corrected chi connectivity index (χ0v) is 31.4. The van der Waals surface area contributed by atoms with Crippen LogP contribution in [0, 0.1) is 0 Å². The average Bonchev–Trinajstić information content (AvgIpc) is 3.41. The van der Waals surface area contributed by atoms with Crippen molar-refractivity contribution in [1.82, 2.24) is 4.98 Å². The normalized spacial score (nSPS) is 13.0. The Bertz CT molecular complexity index is 2890. The van der Waals surface area contributed by atoms with Gasteiger partial charge in [0.05, 0.1) is 5.69 Å². The summed E-state index contributed by atoms with van der Waals surface area (Å²) < 4.78 is 0. The number of hydrogen-bond donors (Lipinski definition) is 0. The van der Waals surface area contributed by atoms with Crippen LogP contribution < -0.4 is 4.90 Å². The molecule has 0 saturated heterocycles. The molecule has 1 heterocycles. The predicted octanol–water partition coefficient (Wildman–Crippen LogP) is 14.7. The van der Waals surface area contributed by atoms with E-state index in [-0.39, 0.29) is 5.41 Å². The highest BCUT2D eigenvalue weighted by Gasteiger charge is 2.36. The Labute approximate surface area is 328 Å². The molecule has 0 unspecified atom stereocenters. The summed E-state index contributed by atoms with van der Waals surface area (Å²) in [6.45, 7) is 4.73. The molecule has 56 heavy (non-hydrogen) atoms. The van der Waals surface area contributed by atoms with Gasteiger partial charge in [-0.1, -0.05) is 153 Å². The summed E-state index contributed by atoms with van der Waals surface area (Å²) in [7, 11) is 0. The van der Waals surface area contributed by atoms with E-state index in [0.717, 1.165) is 22.6 Å². The highest BCUT2D eigenvalue weighted by atomic mass is 15.1. The monoisotopic (exact) mass is 714 g/mol. The van der Waals surface area contributed by atoms with E-state index in [1.807, 2.05) is 12.4 Å². The second-order valence-electron chi connectivity index (χ2n) is 15.6. The van der Waals surface area contributed by atoms with Crippen molar-refractivity contribution in [2.24, 2.45) is 0 Å². The van der Waals surface area contributed by atoms with E-state index in [0.29, 0.717) is 0 Å². The number of benzene rings is 8. The zero-order valence-electron chi connectivity index (χ0n) is 31.4. The fourth-order valence-corrected chi connectivity index (χ4v) is 9.43. The molecule has 264 valence electrons. The van der Waals surface area contributed by atoms with Gasteiger partial charge in [-0.25, -0.2) is 0 Å². The maximum Gasteiger partial charge on any atom is 0.0540 e. The SMILES string of the molecule is CC1(C)c2ccccc2-c2ccc(N(c3cc(-c4ccccc4)cc(-c4ccccc4)c3)c3ccc4c5c(cccc35)-c3ccccc3-c3ccncc3-4)cc21. The lowest BCUT2D eigenvalue weighted by Gasteiger charge is -2.30. The molecule has 0 N–H and O–H groups in total. The molecule has 0 atom stereocenters. The summed E-state index contributed by atoms with van der Waals surface area (Å²) in [6, 6.07) is 67.1. The van der Waals surface area contributed by atoms with Crippen molar-refractivity contribution in [3.05, 3.63) is 206 Å². The number of rotatable bonds is 5. The summed E-state index contributed by atoms with van der Waals surface area (Å²) in [4.78, 5) is 7.16. The molecule has 2 aliphatic rings. The van der Waals surface area contributed by atoms with Crippen LogP contribution in [0.25, 0.3) is 77.5 Å². The largest absolute Gasteiger partial charge is 0.310 e. The summed E-state index contributed by atoms with van der Waals surface area (Å²) >= 11 is 0. The predicted molar refractivity (Wildman–Crippen MR) is 235 cm³/mol. The van der Waals surface area contributed by atoms with Gasteiger partial charge in [-0.2, -0.15) is 0 Å². The molecule has 0 aliphatic heterocycles. The van der Waals surface area contributed by atoms with Crippen LogP contribution in [0.5, 0.6) is 0 Å². The van der Waals surface area contributed by atoms with Gasteiger partial charge in [-0.15, -0.1) is 0 Å². The van der Waals surface area contributed by atoms with Gasteiger partial charge < -0.3 is 4.90 Å². The fraction of sp³-hybridized carbons (Fsp3) is 0.0556. The minimum Gasteiger partial charge on any atom is -0.310 e. The van der Waals surface area contributed by atoms with Crippen LogP contribution in [0.3, 0.4) is 0 Å². The third-order valence-electron chi connectivity index (χ3n) is 12.1. The van der Waals surface area contributed by atoms with E-state index >= 15 is 0 Å². The van der Waals surface area contributed by atoms with Gasteiger partial charge in [0, 0.05) is 40.1 Å². The lowest BCUT2D eigenvalue weighted by Crippen LogP contribution is -2.16. The number of hydrogen-bond acceptors (Lipinski definition) is 2. The number of nitrogens with zero attached hydrogens (tertiary/aromatic N) is 2. The first-order chi connectivity index (χ1) is 27.5. The molecule has 0 amide bonds. The van der Waals surface area contributed by atoms with Crippen molar-refractivity contribution in [3.63, 3.8) is 0 Å². The molecule has 8 aromatic carbocycles. The van der Waals surface area contributed by atoms with Crippen molar-refractivity contribution in [3.8, 4) is 66.8 Å². The highest BCUT2D eigenvalue weighted by molar-refractivity contribution is 6.17. The molecule has 2 nitrogen and oxygen atoms in total. The van der Waals surface area contributed by atoms with Crippen molar-refractivity contribution in [2.75, 3.05) is 4.90 Å². The van der Waals surface area contributed by atoms with E-state index in [1.54, 1.807) is 0 Å². The molecule has 0 spiro atoms. The Morgan fingerprint density at radius 2 is 0.964 bits per heavy atom. The van der Waals surface area contributed by atoms with Crippen LogP contribution in [-0.2, 0) is 5.41 Å². The highest BCUT2D eigenvalue weighted by Crippen LogP contribution is 2.53. The van der Waals surface area contributed by atoms with Crippen molar-refractivity contribution in [2.45, 2.75) is 19.3 Å². The maximum absolute atomic E-state index is 4.66. The van der Waals surface area contributed by atoms with E-state index in [1.165, 1.54) is 83.1 Å². The minimum absolute atomic E-state index is 0.146. The smallest absolute Gasteiger partial charge is 0.0540 e. The zero-order chi connectivity index (χ0) is 37.4. The van der Waals surface area contributed by atoms with Gasteiger partial charge >= 0.3 is 0 Å². The van der Waals surface area contributed by atoms with E-state index in [2.05, 4.69) is 206 Å². The number of aromatic nitrogens is 1. The Kier molecular flexibility index (Phi) is 7.24. The van der Waals surface area contributed by atoms with Crippen molar-refractivity contribution in [1.29, 1.82) is 0 Å². The van der Waals surface area contributed by atoms with Crippen molar-refractivity contribution < 1.29 is 0 Å². The van der Waals surface area contributed by atoms with Crippen LogP contribution in [0.4, 0.5) is 17.1 Å². The third-order valence-corrected chi connectivity index (χ3v) is 12.1. The number of pyridine rings is 1. The first kappa shape index (κ1) is 32.4. The second-order valence-corrected chi connectivity index (χ2v) is 15.6. The van der Waals surface area contributed by atoms with Crippen LogP contribution >= 0.6 is 0 Å². The molecular weight excluding hydrogens is 677 g/mol. The van der Waals surface area contributed by atoms with Gasteiger partial charge in [-0.3, -0.25) is 4.98 Å². The number of anilines is 3. The van der Waals surface area contributed by atoms with Gasteiger partial charge in [0.2, 0.25) is 0 Å². The summed E-state index contributed by atoms with van der Waals surface area (Å²) in [5.41, 5.74) is 20.6. The van der Waals surface area contributed by atoms with Crippen LogP contribution in [0.15, 0.2) is 194 Å². The van der Waals surface area contributed by atoms with Crippen LogP contribution in [-0.4, -0.2) is 4.98 Å². The second kappa shape index (κ2) is 12.5. The summed E-state index contributed by atoms with van der Waals surface area (Å²) in [6.07, 6.45) is 3.95. The van der Waals surface area contributed by atoms with Gasteiger partial charge in [-0.05, 0) is 120 Å². The maximum atomic E-state index is 4.66. The Hall–Kier alpha value is -7.03. The van der Waals surface area contributed by atoms with Gasteiger partial charge in [0.25, 0.3) is 0 Å². The topological polar surface area (TPSA) is 16.1 Å². The van der Waals surface area contributed by atoms with E-state index in [9.17, 15) is 0 Å². The standard InChI is InChI=1S/C54H38N2/c1-54(2)50-23-12-11-20-44(50)45-25-24-39(33-51(45)54)56(40-31-37(35-14-5-3-6-15-35)30-38(32-40)36-16-7-4-8-17-36)52-27-26-47-49-34-55-29-28-43(49)41-18-9-10-19-42(41)46-21-13-22-48(52)53(46)47/h3-34H,1-2H3. The van der Waals surface area contributed by atoms with Gasteiger partial charge in [0.1, 0.15) is 0 Å². The number of fused-ring (bicyclic) bond motifs is 8. The lowest BCUT2D eigenvalue weighted by molar-refractivity contribution is 0.660. The quantitative estimate of drug-likeness (QED) is 0.176. The molecule has 0 radical (unpaired) electrons. The summed E-state index contributed by atoms with van der Waals surface area (Å²) in [5.74, 6) is 0. The van der Waals surface area contributed by atoms with Crippen LogP contribution in [0.1, 0.15) is 25.0 Å². The van der Waals surface area contributed by atoms with Crippen molar-refractivity contribution >= 4 is 27.8 Å². The Balaban J connectivity index is 1.23. The molecule has 11 rings (SSSR count). The lowest BCUT2D eigenvalue weighted by atomic mass is 9.82. The Morgan fingerprint density at radius 3 is 1.70 bits per heavy atom.